The van der Waals surface area contributed by atoms with Gasteiger partial charge in [-0.15, -0.1) is 0 Å². The Kier molecular flexibility index (Phi) is 4.16. The van der Waals surface area contributed by atoms with Gasteiger partial charge in [0.2, 0.25) is 0 Å². The molecule has 2 aromatic rings. The molecular formula is C14H18FN3O. The normalized spacial score (nSPS) is 12.4. The monoisotopic (exact) mass is 263 g/mol. The number of rotatable bonds is 5. The summed E-state index contributed by atoms with van der Waals surface area (Å²) in [5.74, 6) is 1.02. The van der Waals surface area contributed by atoms with E-state index in [1.54, 1.807) is 16.9 Å². The third-order valence-corrected chi connectivity index (χ3v) is 3.03. The summed E-state index contributed by atoms with van der Waals surface area (Å²) in [4.78, 5) is 0. The summed E-state index contributed by atoms with van der Waals surface area (Å²) < 4.78 is 20.9. The van der Waals surface area contributed by atoms with Gasteiger partial charge in [0, 0.05) is 18.2 Å². The molecule has 0 spiro atoms. The summed E-state index contributed by atoms with van der Waals surface area (Å²) in [5.41, 5.74) is 0.784. The summed E-state index contributed by atoms with van der Waals surface area (Å²) in [6.07, 6.45) is 3.47. The van der Waals surface area contributed by atoms with Crippen molar-refractivity contribution in [3.05, 3.63) is 42.0 Å². The van der Waals surface area contributed by atoms with Gasteiger partial charge in [0.15, 0.2) is 5.75 Å². The van der Waals surface area contributed by atoms with Crippen LogP contribution in [-0.4, -0.2) is 16.8 Å². The third-order valence-electron chi connectivity index (χ3n) is 3.03. The highest BCUT2D eigenvalue weighted by Crippen LogP contribution is 2.30. The molecule has 2 rings (SSSR count). The summed E-state index contributed by atoms with van der Waals surface area (Å²) in [6.45, 7) is 4.74. The van der Waals surface area contributed by atoms with E-state index in [9.17, 15) is 4.39 Å². The van der Waals surface area contributed by atoms with Gasteiger partial charge >= 0.3 is 0 Å². The van der Waals surface area contributed by atoms with Crippen molar-refractivity contribution in [2.75, 3.05) is 7.05 Å². The minimum atomic E-state index is -0.270. The summed E-state index contributed by atoms with van der Waals surface area (Å²) >= 11 is 0. The molecule has 4 nitrogen and oxygen atoms in total. The number of aromatic nitrogens is 2. The summed E-state index contributed by atoms with van der Waals surface area (Å²) in [7, 11) is 1.83. The van der Waals surface area contributed by atoms with Crippen molar-refractivity contribution in [1.82, 2.24) is 15.1 Å². The average Bonchev–Trinajstić information content (AvgIpc) is 2.87. The van der Waals surface area contributed by atoms with E-state index in [-0.39, 0.29) is 11.9 Å². The second-order valence-corrected chi connectivity index (χ2v) is 4.33. The van der Waals surface area contributed by atoms with Crippen LogP contribution >= 0.6 is 0 Å². The van der Waals surface area contributed by atoms with Crippen molar-refractivity contribution < 1.29 is 9.13 Å². The van der Waals surface area contributed by atoms with E-state index in [1.165, 1.54) is 12.1 Å². The number of halogens is 1. The van der Waals surface area contributed by atoms with Crippen LogP contribution in [0.3, 0.4) is 0 Å². The molecule has 0 saturated heterocycles. The number of ether oxygens (including phenoxy) is 1. The minimum Gasteiger partial charge on any atom is -0.454 e. The van der Waals surface area contributed by atoms with Crippen LogP contribution in [0.25, 0.3) is 0 Å². The van der Waals surface area contributed by atoms with Crippen LogP contribution in [0.15, 0.2) is 30.6 Å². The molecular weight excluding hydrogens is 245 g/mol. The highest BCUT2D eigenvalue weighted by molar-refractivity contribution is 5.39. The van der Waals surface area contributed by atoms with Gasteiger partial charge in [0.05, 0.1) is 12.4 Å². The van der Waals surface area contributed by atoms with E-state index in [1.807, 2.05) is 27.1 Å². The van der Waals surface area contributed by atoms with Crippen LogP contribution in [0.1, 0.15) is 25.5 Å². The van der Waals surface area contributed by atoms with Gasteiger partial charge in [-0.3, -0.25) is 4.68 Å². The molecule has 0 aliphatic carbocycles. The molecule has 1 aromatic carbocycles. The Hall–Kier alpha value is -1.88. The highest BCUT2D eigenvalue weighted by Gasteiger charge is 2.12. The maximum absolute atomic E-state index is 13.3. The van der Waals surface area contributed by atoms with Gasteiger partial charge in [-0.05, 0) is 39.1 Å². The van der Waals surface area contributed by atoms with Gasteiger partial charge < -0.3 is 10.1 Å². The molecule has 5 heteroatoms. The Balaban J connectivity index is 2.28. The number of benzene rings is 1. The first kappa shape index (κ1) is 13.5. The van der Waals surface area contributed by atoms with E-state index in [4.69, 9.17) is 4.74 Å². The van der Waals surface area contributed by atoms with Crippen molar-refractivity contribution in [3.8, 4) is 11.5 Å². The molecule has 19 heavy (non-hydrogen) atoms. The quantitative estimate of drug-likeness (QED) is 0.900. The lowest BCUT2D eigenvalue weighted by Crippen LogP contribution is -2.13. The fourth-order valence-corrected chi connectivity index (χ4v) is 1.80. The van der Waals surface area contributed by atoms with Crippen LogP contribution in [-0.2, 0) is 6.54 Å². The molecule has 1 unspecified atom stereocenters. The molecule has 1 N–H and O–H groups in total. The molecule has 0 radical (unpaired) electrons. The molecule has 0 bridgehead atoms. The molecule has 1 heterocycles. The Labute approximate surface area is 112 Å². The van der Waals surface area contributed by atoms with Gasteiger partial charge in [-0.25, -0.2) is 4.39 Å². The number of nitrogens with one attached hydrogen (secondary N) is 1. The number of aryl methyl sites for hydroxylation is 1. The zero-order valence-corrected chi connectivity index (χ0v) is 11.4. The highest BCUT2D eigenvalue weighted by atomic mass is 19.1. The third kappa shape index (κ3) is 3.12. The smallest absolute Gasteiger partial charge is 0.165 e. The van der Waals surface area contributed by atoms with Crippen LogP contribution < -0.4 is 10.1 Å². The van der Waals surface area contributed by atoms with E-state index >= 15 is 0 Å². The van der Waals surface area contributed by atoms with Crippen molar-refractivity contribution in [1.29, 1.82) is 0 Å². The van der Waals surface area contributed by atoms with Gasteiger partial charge in [0.1, 0.15) is 11.6 Å². The van der Waals surface area contributed by atoms with Crippen LogP contribution in [0.2, 0.25) is 0 Å². The number of hydrogen-bond donors (Lipinski definition) is 1. The van der Waals surface area contributed by atoms with Crippen LogP contribution in [0, 0.1) is 5.82 Å². The molecule has 0 saturated carbocycles. The molecule has 0 fully saturated rings. The van der Waals surface area contributed by atoms with Crippen molar-refractivity contribution in [2.24, 2.45) is 0 Å². The summed E-state index contributed by atoms with van der Waals surface area (Å²) in [5, 5.41) is 7.23. The molecule has 0 aliphatic rings. The predicted molar refractivity (Wildman–Crippen MR) is 71.8 cm³/mol. The summed E-state index contributed by atoms with van der Waals surface area (Å²) in [6, 6.07) is 4.53. The molecule has 1 aromatic heterocycles. The van der Waals surface area contributed by atoms with Crippen molar-refractivity contribution in [2.45, 2.75) is 26.4 Å². The lowest BCUT2D eigenvalue weighted by molar-refractivity contribution is 0.462. The van der Waals surface area contributed by atoms with E-state index < -0.39 is 0 Å². The Bertz CT molecular complexity index is 553. The van der Waals surface area contributed by atoms with Crippen molar-refractivity contribution in [3.63, 3.8) is 0 Å². The first-order valence-corrected chi connectivity index (χ1v) is 6.31. The average molecular weight is 263 g/mol. The second kappa shape index (κ2) is 5.84. The second-order valence-electron chi connectivity index (χ2n) is 4.33. The fourth-order valence-electron chi connectivity index (χ4n) is 1.80. The predicted octanol–water partition coefficient (Wildman–Crippen LogP) is 3.11. The zero-order chi connectivity index (χ0) is 13.8. The topological polar surface area (TPSA) is 39.1 Å². The first-order valence-electron chi connectivity index (χ1n) is 6.31. The number of hydrogen-bond acceptors (Lipinski definition) is 3. The first-order chi connectivity index (χ1) is 9.13. The largest absolute Gasteiger partial charge is 0.454 e. The van der Waals surface area contributed by atoms with Gasteiger partial charge in [-0.1, -0.05) is 0 Å². The lowest BCUT2D eigenvalue weighted by Gasteiger charge is -2.15. The number of nitrogens with zero attached hydrogens (tertiary/aromatic N) is 2. The Morgan fingerprint density at radius 1 is 1.47 bits per heavy atom. The minimum absolute atomic E-state index is 0.00641. The van der Waals surface area contributed by atoms with E-state index in [0.717, 1.165) is 12.1 Å². The molecule has 102 valence electrons. The molecule has 1 atom stereocenters. The zero-order valence-electron chi connectivity index (χ0n) is 11.4. The van der Waals surface area contributed by atoms with Crippen LogP contribution in [0.4, 0.5) is 4.39 Å². The lowest BCUT2D eigenvalue weighted by atomic mass is 10.1. The maximum Gasteiger partial charge on any atom is 0.165 e. The molecule has 0 amide bonds. The van der Waals surface area contributed by atoms with Gasteiger partial charge in [0.25, 0.3) is 0 Å². The van der Waals surface area contributed by atoms with E-state index in [2.05, 4.69) is 10.4 Å². The Morgan fingerprint density at radius 3 is 2.89 bits per heavy atom. The van der Waals surface area contributed by atoms with Gasteiger partial charge in [-0.2, -0.15) is 5.10 Å². The van der Waals surface area contributed by atoms with Crippen molar-refractivity contribution >= 4 is 0 Å². The van der Waals surface area contributed by atoms with E-state index in [0.29, 0.717) is 11.5 Å². The van der Waals surface area contributed by atoms with Crippen LogP contribution in [0.5, 0.6) is 11.5 Å². The Morgan fingerprint density at radius 2 is 2.26 bits per heavy atom. The maximum atomic E-state index is 13.3. The standard InChI is InChI=1S/C14H18FN3O/c1-4-18-9-12(8-17-18)19-14-6-5-11(15)7-13(14)10(2)16-3/h5-10,16H,4H2,1-3H3. The SMILES string of the molecule is CCn1cc(Oc2ccc(F)cc2C(C)NC)cn1. The fraction of sp³-hybridized carbons (Fsp3) is 0.357. The molecule has 0 aliphatic heterocycles.